The molecule has 1 fully saturated rings. The van der Waals surface area contributed by atoms with Crippen molar-refractivity contribution in [3.05, 3.63) is 101 Å². The number of benzene rings is 3. The first-order valence-electron chi connectivity index (χ1n) is 12.4. The normalized spacial score (nSPS) is 19.2. The van der Waals surface area contributed by atoms with Crippen LogP contribution in [0, 0.1) is 24.6 Å². The topological polar surface area (TPSA) is 80.5 Å². The van der Waals surface area contributed by atoms with Crippen LogP contribution in [-0.2, 0) is 21.4 Å². The first kappa shape index (κ1) is 26.0. The van der Waals surface area contributed by atoms with Gasteiger partial charge in [-0.25, -0.2) is 12.8 Å². The van der Waals surface area contributed by atoms with Crippen LogP contribution in [-0.4, -0.2) is 25.2 Å². The first-order chi connectivity index (χ1) is 17.2. The van der Waals surface area contributed by atoms with Gasteiger partial charge in [-0.05, 0) is 73.8 Å². The lowest BCUT2D eigenvalue weighted by atomic mass is 9.73. The molecule has 0 saturated heterocycles. The Morgan fingerprint density at radius 1 is 0.972 bits per heavy atom. The number of rotatable bonds is 9. The fourth-order valence-corrected chi connectivity index (χ4v) is 6.78. The Balaban J connectivity index is 1.50. The number of nitrogens with zero attached hydrogens (tertiary/aromatic N) is 1. The minimum absolute atomic E-state index is 0.0414. The third-order valence-electron chi connectivity index (χ3n) is 7.20. The van der Waals surface area contributed by atoms with E-state index in [2.05, 4.69) is 0 Å². The molecule has 0 aliphatic heterocycles. The third kappa shape index (κ3) is 6.20. The molecule has 1 saturated carbocycles. The number of sulfonamides is 1. The van der Waals surface area contributed by atoms with E-state index in [1.165, 1.54) is 22.5 Å². The van der Waals surface area contributed by atoms with Crippen LogP contribution in [0.1, 0.15) is 48.3 Å². The monoisotopic (exact) mass is 508 g/mol. The van der Waals surface area contributed by atoms with E-state index in [-0.39, 0.29) is 35.1 Å². The van der Waals surface area contributed by atoms with Gasteiger partial charge in [-0.15, -0.1) is 0 Å². The van der Waals surface area contributed by atoms with Crippen molar-refractivity contribution < 1.29 is 17.6 Å². The Labute approximate surface area is 213 Å². The summed E-state index contributed by atoms with van der Waals surface area (Å²) in [6.07, 6.45) is 3.19. The van der Waals surface area contributed by atoms with Crippen LogP contribution in [0.15, 0.2) is 83.8 Å². The van der Waals surface area contributed by atoms with Crippen LogP contribution in [0.4, 0.5) is 4.39 Å². The van der Waals surface area contributed by atoms with Gasteiger partial charge in [0.1, 0.15) is 5.82 Å². The van der Waals surface area contributed by atoms with E-state index >= 15 is 0 Å². The lowest BCUT2D eigenvalue weighted by Gasteiger charge is -2.35. The summed E-state index contributed by atoms with van der Waals surface area (Å²) < 4.78 is 42.4. The lowest BCUT2D eigenvalue weighted by Crippen LogP contribution is -2.37. The average molecular weight is 509 g/mol. The van der Waals surface area contributed by atoms with Crippen molar-refractivity contribution in [2.24, 2.45) is 17.6 Å². The zero-order chi connectivity index (χ0) is 25.7. The van der Waals surface area contributed by atoms with Gasteiger partial charge in [0, 0.05) is 13.1 Å². The molecule has 36 heavy (non-hydrogen) atoms. The zero-order valence-electron chi connectivity index (χ0n) is 20.5. The second kappa shape index (κ2) is 11.4. The van der Waals surface area contributed by atoms with Crippen molar-refractivity contribution in [1.82, 2.24) is 4.31 Å². The maximum Gasteiger partial charge on any atom is 0.243 e. The Morgan fingerprint density at radius 3 is 2.25 bits per heavy atom. The van der Waals surface area contributed by atoms with E-state index in [0.717, 1.165) is 48.4 Å². The second-order valence-electron chi connectivity index (χ2n) is 9.81. The molecule has 7 heteroatoms. The maximum atomic E-state index is 13.9. The molecular formula is C29H33FN2O3S. The number of hydrogen-bond donors (Lipinski definition) is 1. The van der Waals surface area contributed by atoms with Crippen molar-refractivity contribution in [3.8, 4) is 0 Å². The standard InChI is InChI=1S/C29H33FN2O3S/c1-21-10-14-24(15-11-21)28(29(31)33)25-16-12-23(13-17-25)20-32(19-22-6-3-2-4-7-22)36(34,35)27-9-5-8-26(30)18-27/h2-11,14-15,18,23,25,28H,12-13,16-17,19-20H2,1H3,(H2,31,33). The van der Waals surface area contributed by atoms with Crippen LogP contribution in [0.25, 0.3) is 0 Å². The predicted octanol–water partition coefficient (Wildman–Crippen LogP) is 5.40. The Morgan fingerprint density at radius 2 is 1.64 bits per heavy atom. The summed E-state index contributed by atoms with van der Waals surface area (Å²) in [5, 5.41) is 0. The second-order valence-corrected chi connectivity index (χ2v) is 11.7. The number of nitrogens with two attached hydrogens (primary N) is 1. The van der Waals surface area contributed by atoms with Crippen LogP contribution in [0.3, 0.4) is 0 Å². The van der Waals surface area contributed by atoms with E-state index in [1.54, 1.807) is 0 Å². The highest BCUT2D eigenvalue weighted by molar-refractivity contribution is 7.89. The summed E-state index contributed by atoms with van der Waals surface area (Å²) in [7, 11) is -3.89. The minimum Gasteiger partial charge on any atom is -0.369 e. The van der Waals surface area contributed by atoms with Crippen molar-refractivity contribution in [2.75, 3.05) is 6.54 Å². The van der Waals surface area contributed by atoms with Gasteiger partial charge in [-0.3, -0.25) is 4.79 Å². The maximum absolute atomic E-state index is 13.9. The van der Waals surface area contributed by atoms with Crippen LogP contribution in [0.5, 0.6) is 0 Å². The van der Waals surface area contributed by atoms with Crippen molar-refractivity contribution in [1.29, 1.82) is 0 Å². The molecule has 1 amide bonds. The summed E-state index contributed by atoms with van der Waals surface area (Å²) in [4.78, 5) is 12.3. The van der Waals surface area contributed by atoms with Gasteiger partial charge < -0.3 is 5.73 Å². The molecule has 3 aromatic rings. The molecule has 5 nitrogen and oxygen atoms in total. The number of carbonyl (C=O) groups is 1. The van der Waals surface area contributed by atoms with E-state index in [0.29, 0.717) is 6.54 Å². The molecule has 1 unspecified atom stereocenters. The van der Waals surface area contributed by atoms with Crippen LogP contribution >= 0.6 is 0 Å². The molecule has 4 rings (SSSR count). The molecule has 0 heterocycles. The van der Waals surface area contributed by atoms with Crippen molar-refractivity contribution >= 4 is 15.9 Å². The predicted molar refractivity (Wildman–Crippen MR) is 139 cm³/mol. The first-order valence-corrected chi connectivity index (χ1v) is 13.8. The number of primary amides is 1. The van der Waals surface area contributed by atoms with Gasteiger partial charge in [-0.2, -0.15) is 4.31 Å². The zero-order valence-corrected chi connectivity index (χ0v) is 21.3. The Kier molecular flexibility index (Phi) is 8.21. The molecular weight excluding hydrogens is 475 g/mol. The summed E-state index contributed by atoms with van der Waals surface area (Å²) in [6, 6.07) is 22.5. The molecule has 0 bridgehead atoms. The quantitative estimate of drug-likeness (QED) is 0.420. The highest BCUT2D eigenvalue weighted by atomic mass is 32.2. The molecule has 1 aliphatic carbocycles. The van der Waals surface area contributed by atoms with E-state index in [1.807, 2.05) is 61.5 Å². The number of aryl methyl sites for hydroxylation is 1. The smallest absolute Gasteiger partial charge is 0.243 e. The highest BCUT2D eigenvalue weighted by Gasteiger charge is 2.34. The molecule has 1 aliphatic rings. The Hall–Kier alpha value is -3.03. The molecule has 0 aromatic heterocycles. The van der Waals surface area contributed by atoms with E-state index in [4.69, 9.17) is 5.73 Å². The molecule has 0 radical (unpaired) electrons. The molecule has 3 aromatic carbocycles. The van der Waals surface area contributed by atoms with Gasteiger partial charge in [0.2, 0.25) is 15.9 Å². The highest BCUT2D eigenvalue weighted by Crippen LogP contribution is 2.39. The summed E-state index contributed by atoms with van der Waals surface area (Å²) in [5.74, 6) is -0.974. The molecule has 1 atom stereocenters. The average Bonchev–Trinajstić information content (AvgIpc) is 2.86. The van der Waals surface area contributed by atoms with Gasteiger partial charge in [-0.1, -0.05) is 66.2 Å². The number of amides is 1. The largest absolute Gasteiger partial charge is 0.369 e. The van der Waals surface area contributed by atoms with Gasteiger partial charge >= 0.3 is 0 Å². The fraction of sp³-hybridized carbons (Fsp3) is 0.345. The molecule has 0 spiro atoms. The van der Waals surface area contributed by atoms with Gasteiger partial charge in [0.25, 0.3) is 0 Å². The van der Waals surface area contributed by atoms with Gasteiger partial charge in [0.05, 0.1) is 10.8 Å². The SMILES string of the molecule is Cc1ccc(C(C(N)=O)C2CCC(CN(Cc3ccccc3)S(=O)(=O)c3cccc(F)c3)CC2)cc1. The fourth-order valence-electron chi connectivity index (χ4n) is 5.25. The Bertz CT molecular complexity index is 1270. The van der Waals surface area contributed by atoms with E-state index in [9.17, 15) is 17.6 Å². The number of hydrogen-bond acceptors (Lipinski definition) is 3. The minimum atomic E-state index is -3.89. The van der Waals surface area contributed by atoms with Crippen molar-refractivity contribution in [3.63, 3.8) is 0 Å². The van der Waals surface area contributed by atoms with E-state index < -0.39 is 15.8 Å². The van der Waals surface area contributed by atoms with Crippen LogP contribution in [0.2, 0.25) is 0 Å². The van der Waals surface area contributed by atoms with Crippen molar-refractivity contribution in [2.45, 2.75) is 50.0 Å². The summed E-state index contributed by atoms with van der Waals surface area (Å²) in [5.41, 5.74) is 8.76. The number of halogens is 1. The molecule has 2 N–H and O–H groups in total. The summed E-state index contributed by atoms with van der Waals surface area (Å²) >= 11 is 0. The summed E-state index contributed by atoms with van der Waals surface area (Å²) in [6.45, 7) is 2.56. The number of carbonyl (C=O) groups excluding carboxylic acids is 1. The third-order valence-corrected chi connectivity index (χ3v) is 9.01. The molecule has 190 valence electrons. The lowest BCUT2D eigenvalue weighted by molar-refractivity contribution is -0.121. The van der Waals surface area contributed by atoms with Crippen LogP contribution < -0.4 is 5.73 Å². The van der Waals surface area contributed by atoms with Gasteiger partial charge in [0.15, 0.2) is 0 Å².